The Hall–Kier alpha value is -1.05. The summed E-state index contributed by atoms with van der Waals surface area (Å²) in [6, 6.07) is 6.93. The van der Waals surface area contributed by atoms with Crippen LogP contribution in [0.15, 0.2) is 23.1 Å². The van der Waals surface area contributed by atoms with Gasteiger partial charge in [-0.2, -0.15) is 5.26 Å². The van der Waals surface area contributed by atoms with E-state index in [-0.39, 0.29) is 0 Å². The molecule has 1 atom stereocenters. The molecule has 0 aliphatic rings. The summed E-state index contributed by atoms with van der Waals surface area (Å²) in [6.07, 6.45) is 1.03. The number of unbranched alkanes of at least 4 members (excludes halogenated alkanes) is 1. The van der Waals surface area contributed by atoms with Crippen LogP contribution in [0.4, 0.5) is 5.69 Å². The zero-order valence-electron chi connectivity index (χ0n) is 8.07. The summed E-state index contributed by atoms with van der Waals surface area (Å²) in [4.78, 5) is 0.587. The van der Waals surface area contributed by atoms with Crippen LogP contribution in [0.25, 0.3) is 0 Å². The molecule has 1 unspecified atom stereocenters. The molecule has 0 fully saturated rings. The predicted octanol–water partition coefficient (Wildman–Crippen LogP) is 2.33. The van der Waals surface area contributed by atoms with Crippen molar-refractivity contribution in [3.63, 3.8) is 0 Å². The van der Waals surface area contributed by atoms with Crippen LogP contribution in [0.1, 0.15) is 12.8 Å². The fourth-order valence-electron chi connectivity index (χ4n) is 1.09. The summed E-state index contributed by atoms with van der Waals surface area (Å²) in [5, 5.41) is 8.77. The predicted molar refractivity (Wildman–Crippen MR) is 62.0 cm³/mol. The number of hydrogen-bond donors (Lipinski definition) is 1. The maximum absolute atomic E-state index is 11.7. The van der Waals surface area contributed by atoms with E-state index in [1.165, 1.54) is 0 Å². The van der Waals surface area contributed by atoms with Gasteiger partial charge in [0, 0.05) is 17.9 Å². The first-order valence-corrected chi connectivity index (χ1v) is 6.15. The number of anilines is 1. The quantitative estimate of drug-likeness (QED) is 0.651. The fraction of sp³-hybridized carbons (Fsp3) is 0.300. The zero-order chi connectivity index (χ0) is 11.3. The largest absolute Gasteiger partial charge is 0.399 e. The summed E-state index contributed by atoms with van der Waals surface area (Å²) < 4.78 is 11.7. The maximum atomic E-state index is 11.7. The number of nitrogen functional groups attached to an aromatic ring is 1. The highest BCUT2D eigenvalue weighted by Gasteiger charge is 2.08. The molecular formula is C10H11ClN2OS. The second-order valence-corrected chi connectivity index (χ2v) is 4.95. The molecule has 0 radical (unpaired) electrons. The van der Waals surface area contributed by atoms with Crippen molar-refractivity contribution < 1.29 is 4.21 Å². The van der Waals surface area contributed by atoms with Crippen LogP contribution in [0.3, 0.4) is 0 Å². The molecule has 0 aromatic heterocycles. The van der Waals surface area contributed by atoms with Gasteiger partial charge in [0.05, 0.1) is 26.8 Å². The summed E-state index contributed by atoms with van der Waals surface area (Å²) in [6.45, 7) is 0. The molecule has 0 saturated heterocycles. The standard InChI is InChI=1S/C10H11ClN2OS/c11-9-7-8(13)3-4-10(9)15(14)6-2-1-5-12/h3-4,7H,1-2,6,13H2. The summed E-state index contributed by atoms with van der Waals surface area (Å²) in [7, 11) is -1.14. The van der Waals surface area contributed by atoms with Crippen molar-refractivity contribution in [2.75, 3.05) is 11.5 Å². The van der Waals surface area contributed by atoms with Gasteiger partial charge in [-0.3, -0.25) is 4.21 Å². The van der Waals surface area contributed by atoms with Gasteiger partial charge >= 0.3 is 0 Å². The van der Waals surface area contributed by atoms with Gasteiger partial charge in [-0.1, -0.05) is 11.6 Å². The highest BCUT2D eigenvalue weighted by Crippen LogP contribution is 2.22. The normalized spacial score (nSPS) is 12.0. The number of halogens is 1. The van der Waals surface area contributed by atoms with Gasteiger partial charge in [0.15, 0.2) is 0 Å². The van der Waals surface area contributed by atoms with Gasteiger partial charge in [-0.15, -0.1) is 0 Å². The fourth-order valence-corrected chi connectivity index (χ4v) is 2.66. The molecule has 5 heteroatoms. The zero-order valence-corrected chi connectivity index (χ0v) is 9.64. The molecule has 0 bridgehead atoms. The molecule has 2 N–H and O–H groups in total. The molecule has 1 rings (SSSR count). The third-order valence-corrected chi connectivity index (χ3v) is 3.75. The Balaban J connectivity index is 2.70. The maximum Gasteiger partial charge on any atom is 0.0622 e. The van der Waals surface area contributed by atoms with Crippen LogP contribution >= 0.6 is 11.6 Å². The first-order valence-electron chi connectivity index (χ1n) is 4.45. The van der Waals surface area contributed by atoms with Gasteiger partial charge in [-0.05, 0) is 24.6 Å². The van der Waals surface area contributed by atoms with E-state index in [9.17, 15) is 4.21 Å². The van der Waals surface area contributed by atoms with Crippen molar-refractivity contribution in [2.24, 2.45) is 0 Å². The molecular weight excluding hydrogens is 232 g/mol. The van der Waals surface area contributed by atoms with Crippen LogP contribution in [0.2, 0.25) is 5.02 Å². The first kappa shape index (κ1) is 12.0. The first-order chi connectivity index (χ1) is 7.15. The Morgan fingerprint density at radius 3 is 2.87 bits per heavy atom. The topological polar surface area (TPSA) is 66.9 Å². The molecule has 0 saturated carbocycles. The number of nitrogens with zero attached hydrogens (tertiary/aromatic N) is 1. The minimum Gasteiger partial charge on any atom is -0.399 e. The van der Waals surface area contributed by atoms with E-state index in [0.29, 0.717) is 34.2 Å². The van der Waals surface area contributed by atoms with E-state index in [0.717, 1.165) is 0 Å². The van der Waals surface area contributed by atoms with Crippen molar-refractivity contribution in [2.45, 2.75) is 17.7 Å². The lowest BCUT2D eigenvalue weighted by Gasteiger charge is -2.04. The average molecular weight is 243 g/mol. The number of rotatable bonds is 4. The van der Waals surface area contributed by atoms with Crippen LogP contribution in [0.5, 0.6) is 0 Å². The lowest BCUT2D eigenvalue weighted by atomic mass is 10.3. The van der Waals surface area contributed by atoms with Gasteiger partial charge < -0.3 is 5.73 Å². The Kier molecular flexibility index (Phi) is 4.60. The third kappa shape index (κ3) is 3.54. The highest BCUT2D eigenvalue weighted by atomic mass is 35.5. The summed E-state index contributed by atoms with van der Waals surface area (Å²) in [5.41, 5.74) is 6.08. The lowest BCUT2D eigenvalue weighted by Crippen LogP contribution is -1.99. The van der Waals surface area contributed by atoms with Crippen molar-refractivity contribution in [3.8, 4) is 6.07 Å². The average Bonchev–Trinajstić information content (AvgIpc) is 2.17. The molecule has 0 amide bonds. The molecule has 15 heavy (non-hydrogen) atoms. The van der Waals surface area contributed by atoms with Gasteiger partial charge in [-0.25, -0.2) is 0 Å². The SMILES string of the molecule is N#CCCCS(=O)c1ccc(N)cc1Cl. The molecule has 0 spiro atoms. The molecule has 0 heterocycles. The minimum atomic E-state index is -1.14. The Bertz CT molecular complexity index is 414. The second kappa shape index (κ2) is 5.74. The number of benzene rings is 1. The summed E-state index contributed by atoms with van der Waals surface area (Å²) >= 11 is 5.90. The van der Waals surface area contributed by atoms with Crippen molar-refractivity contribution in [1.82, 2.24) is 0 Å². The van der Waals surface area contributed by atoms with Crippen LogP contribution in [0, 0.1) is 11.3 Å². The van der Waals surface area contributed by atoms with Crippen molar-refractivity contribution in [1.29, 1.82) is 5.26 Å². The molecule has 3 nitrogen and oxygen atoms in total. The van der Waals surface area contributed by atoms with Crippen molar-refractivity contribution >= 4 is 28.1 Å². The summed E-state index contributed by atoms with van der Waals surface area (Å²) in [5.74, 6) is 0.456. The highest BCUT2D eigenvalue weighted by molar-refractivity contribution is 7.85. The molecule has 1 aromatic rings. The van der Waals surface area contributed by atoms with E-state index in [4.69, 9.17) is 22.6 Å². The number of nitriles is 1. The monoisotopic (exact) mass is 242 g/mol. The number of nitrogens with two attached hydrogens (primary N) is 1. The Morgan fingerprint density at radius 2 is 2.27 bits per heavy atom. The van der Waals surface area contributed by atoms with E-state index < -0.39 is 10.8 Å². The van der Waals surface area contributed by atoms with Gasteiger partial charge in [0.25, 0.3) is 0 Å². The molecule has 1 aromatic carbocycles. The number of hydrogen-bond acceptors (Lipinski definition) is 3. The van der Waals surface area contributed by atoms with Crippen LogP contribution < -0.4 is 5.73 Å². The smallest absolute Gasteiger partial charge is 0.0622 e. The molecule has 0 aliphatic heterocycles. The Labute approximate surface area is 96.3 Å². The third-order valence-electron chi connectivity index (χ3n) is 1.82. The second-order valence-electron chi connectivity index (χ2n) is 3.00. The molecule has 80 valence electrons. The van der Waals surface area contributed by atoms with Crippen LogP contribution in [-0.4, -0.2) is 9.96 Å². The van der Waals surface area contributed by atoms with E-state index in [2.05, 4.69) is 0 Å². The molecule has 0 aliphatic carbocycles. The van der Waals surface area contributed by atoms with E-state index in [1.54, 1.807) is 18.2 Å². The van der Waals surface area contributed by atoms with Gasteiger partial charge in [0.2, 0.25) is 0 Å². The van der Waals surface area contributed by atoms with Crippen molar-refractivity contribution in [3.05, 3.63) is 23.2 Å². The minimum absolute atomic E-state index is 0.415. The lowest BCUT2D eigenvalue weighted by molar-refractivity contribution is 0.681. The van der Waals surface area contributed by atoms with E-state index in [1.807, 2.05) is 6.07 Å². The Morgan fingerprint density at radius 1 is 1.53 bits per heavy atom. The van der Waals surface area contributed by atoms with Crippen LogP contribution in [-0.2, 0) is 10.8 Å². The van der Waals surface area contributed by atoms with E-state index >= 15 is 0 Å². The van der Waals surface area contributed by atoms with Gasteiger partial charge in [0.1, 0.15) is 0 Å².